The molecule has 29 heavy (non-hydrogen) atoms. The number of hydrogen-bond donors (Lipinski definition) is 1. The van der Waals surface area contributed by atoms with Gasteiger partial charge in [-0.3, -0.25) is 4.79 Å². The summed E-state index contributed by atoms with van der Waals surface area (Å²) in [5, 5.41) is 10.2. The molecule has 2 heterocycles. The van der Waals surface area contributed by atoms with Gasteiger partial charge < -0.3 is 14.6 Å². The minimum absolute atomic E-state index is 0.0422. The van der Waals surface area contributed by atoms with E-state index < -0.39 is 5.97 Å². The minimum Gasteiger partial charge on any atom is -0.481 e. The first-order valence-corrected chi connectivity index (χ1v) is 10.8. The Hall–Kier alpha value is -2.18. The van der Waals surface area contributed by atoms with Crippen LogP contribution in [0.15, 0.2) is 53.1 Å². The predicted molar refractivity (Wildman–Crippen MR) is 116 cm³/mol. The lowest BCUT2D eigenvalue weighted by Crippen LogP contribution is -2.36. The molecule has 4 nitrogen and oxygen atoms in total. The maximum absolute atomic E-state index is 13.0. The Kier molecular flexibility index (Phi) is 6.01. The maximum Gasteiger partial charge on any atom is 0.307 e. The van der Waals surface area contributed by atoms with E-state index in [1.165, 1.54) is 17.7 Å². The zero-order valence-electron chi connectivity index (χ0n) is 16.2. The van der Waals surface area contributed by atoms with E-state index >= 15 is 0 Å². The van der Waals surface area contributed by atoms with Crippen LogP contribution in [0.3, 0.4) is 0 Å². The molecule has 1 aliphatic rings. The van der Waals surface area contributed by atoms with Gasteiger partial charge in [-0.15, -0.1) is 0 Å². The summed E-state index contributed by atoms with van der Waals surface area (Å²) >= 11 is 3.71. The number of fused-ring (bicyclic) bond motifs is 1. The molecule has 0 bridgehead atoms. The van der Waals surface area contributed by atoms with Gasteiger partial charge >= 0.3 is 5.97 Å². The minimum atomic E-state index is -0.809. The summed E-state index contributed by atoms with van der Waals surface area (Å²) in [6.45, 7) is 3.02. The fraction of sp³-hybridized carbons (Fsp3) is 0.348. The van der Waals surface area contributed by atoms with Crippen LogP contribution in [0.5, 0.6) is 0 Å². The second-order valence-corrected chi connectivity index (χ2v) is 8.56. The first-order chi connectivity index (χ1) is 14.0. The number of benzene rings is 2. The number of carboxylic acid groups (broad SMARTS) is 1. The highest BCUT2D eigenvalue weighted by molar-refractivity contribution is 9.10. The molecule has 1 fully saturated rings. The Morgan fingerprint density at radius 1 is 1.07 bits per heavy atom. The van der Waals surface area contributed by atoms with Crippen LogP contribution in [0.25, 0.3) is 10.9 Å². The highest BCUT2D eigenvalue weighted by atomic mass is 79.9. The number of likely N-dealkylation sites (tertiary alicyclic amines) is 1. The maximum atomic E-state index is 13.0. The first kappa shape index (κ1) is 20.1. The van der Waals surface area contributed by atoms with E-state index in [1.807, 2.05) is 30.3 Å². The standard InChI is InChI=1S/C23H24BrFN2O2/c24-22-15-18-4-1-17(14-23(28)29)13-21(18)27(22)20-8-11-26(12-9-20)10-7-16-2-5-19(25)6-3-16/h1-6,13,15,20H,7-12,14H2,(H,28,29). The van der Waals surface area contributed by atoms with Gasteiger partial charge in [0.25, 0.3) is 0 Å². The van der Waals surface area contributed by atoms with Crippen LogP contribution in [0.4, 0.5) is 4.39 Å². The Balaban J connectivity index is 1.42. The lowest BCUT2D eigenvalue weighted by atomic mass is 10.0. The first-order valence-electron chi connectivity index (χ1n) is 9.97. The molecule has 3 aromatic rings. The molecular formula is C23H24BrFN2O2. The van der Waals surface area contributed by atoms with Crippen molar-refractivity contribution in [3.05, 3.63) is 70.1 Å². The Morgan fingerprint density at radius 3 is 2.45 bits per heavy atom. The molecule has 2 aromatic carbocycles. The molecule has 0 radical (unpaired) electrons. The number of halogens is 2. The lowest BCUT2D eigenvalue weighted by molar-refractivity contribution is -0.136. The number of hydrogen-bond acceptors (Lipinski definition) is 2. The van der Waals surface area contributed by atoms with Crippen LogP contribution in [0.1, 0.15) is 30.0 Å². The number of piperidine rings is 1. The summed E-state index contributed by atoms with van der Waals surface area (Å²) in [5.74, 6) is -0.999. The fourth-order valence-electron chi connectivity index (χ4n) is 4.23. The molecular weight excluding hydrogens is 435 g/mol. The van der Waals surface area contributed by atoms with Crippen LogP contribution in [0, 0.1) is 5.82 Å². The smallest absolute Gasteiger partial charge is 0.307 e. The van der Waals surface area contributed by atoms with Crippen molar-refractivity contribution >= 4 is 32.8 Å². The van der Waals surface area contributed by atoms with Gasteiger partial charge in [0.1, 0.15) is 5.82 Å². The van der Waals surface area contributed by atoms with E-state index in [0.717, 1.165) is 60.0 Å². The summed E-state index contributed by atoms with van der Waals surface area (Å²) in [6.07, 6.45) is 3.07. The number of carboxylic acids is 1. The summed E-state index contributed by atoms with van der Waals surface area (Å²) in [6, 6.07) is 15.2. The van der Waals surface area contributed by atoms with Gasteiger partial charge in [-0.2, -0.15) is 0 Å². The average molecular weight is 459 g/mol. The van der Waals surface area contributed by atoms with Crippen LogP contribution in [-0.4, -0.2) is 40.2 Å². The predicted octanol–water partition coefficient (Wildman–Crippen LogP) is 5.05. The second-order valence-electron chi connectivity index (χ2n) is 7.75. The van der Waals surface area contributed by atoms with Crippen molar-refractivity contribution in [1.29, 1.82) is 0 Å². The number of rotatable bonds is 6. The van der Waals surface area contributed by atoms with Gasteiger partial charge in [0, 0.05) is 36.6 Å². The summed E-state index contributed by atoms with van der Waals surface area (Å²) in [7, 11) is 0. The summed E-state index contributed by atoms with van der Waals surface area (Å²) in [5.41, 5.74) is 3.09. The Morgan fingerprint density at radius 2 is 1.76 bits per heavy atom. The second kappa shape index (κ2) is 8.67. The highest BCUT2D eigenvalue weighted by Crippen LogP contribution is 2.33. The topological polar surface area (TPSA) is 45.5 Å². The van der Waals surface area contributed by atoms with Gasteiger partial charge in [-0.05, 0) is 70.6 Å². The number of aromatic nitrogens is 1. The van der Waals surface area contributed by atoms with Gasteiger partial charge in [0.2, 0.25) is 0 Å². The number of aliphatic carboxylic acids is 1. The molecule has 0 aliphatic carbocycles. The molecule has 1 aliphatic heterocycles. The average Bonchev–Trinajstić information content (AvgIpc) is 3.02. The zero-order chi connectivity index (χ0) is 20.4. The monoisotopic (exact) mass is 458 g/mol. The van der Waals surface area contributed by atoms with Gasteiger partial charge in [-0.1, -0.05) is 24.3 Å². The SMILES string of the molecule is O=C(O)Cc1ccc2cc(Br)n(C3CCN(CCc4ccc(F)cc4)CC3)c2c1. The van der Waals surface area contributed by atoms with Gasteiger partial charge in [0.05, 0.1) is 11.0 Å². The third-order valence-corrected chi connectivity index (χ3v) is 6.38. The number of nitrogens with zero attached hydrogens (tertiary/aromatic N) is 2. The molecule has 0 atom stereocenters. The van der Waals surface area contributed by atoms with E-state index in [1.54, 1.807) is 0 Å². The summed E-state index contributed by atoms with van der Waals surface area (Å²) < 4.78 is 16.4. The Bertz CT molecular complexity index is 1010. The fourth-order valence-corrected chi connectivity index (χ4v) is 4.96. The third kappa shape index (κ3) is 4.70. The van der Waals surface area contributed by atoms with E-state index in [4.69, 9.17) is 5.11 Å². The van der Waals surface area contributed by atoms with E-state index in [9.17, 15) is 9.18 Å². The quantitative estimate of drug-likeness (QED) is 0.561. The van der Waals surface area contributed by atoms with Crippen molar-refractivity contribution in [2.24, 2.45) is 0 Å². The van der Waals surface area contributed by atoms with Crippen molar-refractivity contribution < 1.29 is 14.3 Å². The Labute approximate surface area is 178 Å². The molecule has 0 saturated carbocycles. The van der Waals surface area contributed by atoms with Crippen molar-refractivity contribution in [2.45, 2.75) is 31.7 Å². The highest BCUT2D eigenvalue weighted by Gasteiger charge is 2.23. The van der Waals surface area contributed by atoms with Crippen molar-refractivity contribution in [2.75, 3.05) is 19.6 Å². The van der Waals surface area contributed by atoms with Crippen LogP contribution in [0.2, 0.25) is 0 Å². The van der Waals surface area contributed by atoms with Crippen LogP contribution < -0.4 is 0 Å². The van der Waals surface area contributed by atoms with E-state index in [2.05, 4.69) is 31.5 Å². The number of carbonyl (C=O) groups is 1. The third-order valence-electron chi connectivity index (χ3n) is 5.77. The lowest BCUT2D eigenvalue weighted by Gasteiger charge is -2.33. The van der Waals surface area contributed by atoms with Crippen LogP contribution >= 0.6 is 15.9 Å². The molecule has 1 aromatic heterocycles. The van der Waals surface area contributed by atoms with Crippen molar-refractivity contribution in [3.63, 3.8) is 0 Å². The summed E-state index contributed by atoms with van der Waals surface area (Å²) in [4.78, 5) is 13.5. The van der Waals surface area contributed by atoms with Crippen molar-refractivity contribution in [1.82, 2.24) is 9.47 Å². The normalized spacial score (nSPS) is 15.8. The van der Waals surface area contributed by atoms with E-state index in [0.29, 0.717) is 6.04 Å². The molecule has 0 spiro atoms. The van der Waals surface area contributed by atoms with Crippen LogP contribution in [-0.2, 0) is 17.6 Å². The molecule has 1 N–H and O–H groups in total. The molecule has 152 valence electrons. The van der Waals surface area contributed by atoms with E-state index in [-0.39, 0.29) is 12.2 Å². The van der Waals surface area contributed by atoms with Gasteiger partial charge in [-0.25, -0.2) is 4.39 Å². The molecule has 0 amide bonds. The molecule has 6 heteroatoms. The molecule has 0 unspecified atom stereocenters. The van der Waals surface area contributed by atoms with Crippen molar-refractivity contribution in [3.8, 4) is 0 Å². The molecule has 4 rings (SSSR count). The largest absolute Gasteiger partial charge is 0.481 e. The zero-order valence-corrected chi connectivity index (χ0v) is 17.7. The molecule has 1 saturated heterocycles. The van der Waals surface area contributed by atoms with Gasteiger partial charge in [0.15, 0.2) is 0 Å².